The first-order chi connectivity index (χ1) is 23.0. The maximum Gasteiger partial charge on any atom is 0.324 e. The zero-order valence-corrected chi connectivity index (χ0v) is 29.8. The number of hydrogen-bond acceptors (Lipinski definition) is 7. The van der Waals surface area contributed by atoms with Crippen molar-refractivity contribution in [2.75, 3.05) is 24.5 Å². The summed E-state index contributed by atoms with van der Waals surface area (Å²) in [5, 5.41) is 24.2. The number of fused-ring (bicyclic) bond motifs is 3. The van der Waals surface area contributed by atoms with Crippen LogP contribution in [0.5, 0.6) is 5.75 Å². The van der Waals surface area contributed by atoms with Gasteiger partial charge in [-0.15, -0.1) is 0 Å². The number of aromatic nitrogens is 2. The number of amides is 2. The SMILES string of the molecule is CC(C)(C#N)Oc1ccc(-c2cccc(N(CC34CCC(c5noc(C(C)(C)F)n5)(CC3)CC4)C(=O)N3CCC(C(C)(C)O)CC3)c2)cc1. The summed E-state index contributed by atoms with van der Waals surface area (Å²) in [5.74, 6) is 1.41. The summed E-state index contributed by atoms with van der Waals surface area (Å²) in [6.07, 6.45) is 6.88. The highest BCUT2D eigenvalue weighted by molar-refractivity contribution is 5.93. The van der Waals surface area contributed by atoms with Crippen molar-refractivity contribution in [3.8, 4) is 22.9 Å². The number of piperidine rings is 1. The van der Waals surface area contributed by atoms with E-state index in [1.807, 2.05) is 66.1 Å². The second kappa shape index (κ2) is 12.7. The lowest BCUT2D eigenvalue weighted by atomic mass is 9.53. The van der Waals surface area contributed by atoms with Gasteiger partial charge >= 0.3 is 6.03 Å². The van der Waals surface area contributed by atoms with Gasteiger partial charge in [-0.3, -0.25) is 4.90 Å². The number of benzene rings is 2. The second-order valence-corrected chi connectivity index (χ2v) is 16.3. The number of anilines is 1. The van der Waals surface area contributed by atoms with Gasteiger partial charge in [0.25, 0.3) is 5.89 Å². The van der Waals surface area contributed by atoms with E-state index >= 15 is 0 Å². The van der Waals surface area contributed by atoms with Crippen LogP contribution in [0.15, 0.2) is 53.1 Å². The van der Waals surface area contributed by atoms with Crippen molar-refractivity contribution in [3.05, 3.63) is 60.2 Å². The highest BCUT2D eigenvalue weighted by Crippen LogP contribution is 2.58. The van der Waals surface area contributed by atoms with E-state index in [0.717, 1.165) is 68.2 Å². The number of likely N-dealkylation sites (tertiary alicyclic amines) is 1. The Morgan fingerprint density at radius 3 is 2.20 bits per heavy atom. The molecule has 2 aromatic carbocycles. The number of carbonyl (C=O) groups excluding carboxylic acids is 1. The Bertz CT molecular complexity index is 1660. The highest BCUT2D eigenvalue weighted by atomic mass is 19.1. The summed E-state index contributed by atoms with van der Waals surface area (Å²) in [5.41, 5.74) is -0.855. The lowest BCUT2D eigenvalue weighted by Crippen LogP contribution is -2.54. The Morgan fingerprint density at radius 2 is 1.65 bits per heavy atom. The van der Waals surface area contributed by atoms with Gasteiger partial charge in [-0.05, 0) is 140 Å². The van der Waals surface area contributed by atoms with Crippen molar-refractivity contribution in [2.45, 2.75) is 115 Å². The zero-order chi connectivity index (χ0) is 35.2. The summed E-state index contributed by atoms with van der Waals surface area (Å²) in [6, 6.07) is 18.0. The molecule has 4 fully saturated rings. The minimum Gasteiger partial charge on any atom is -0.473 e. The first-order valence-electron chi connectivity index (χ1n) is 17.6. The third-order valence-corrected chi connectivity index (χ3v) is 11.3. The smallest absolute Gasteiger partial charge is 0.324 e. The summed E-state index contributed by atoms with van der Waals surface area (Å²) in [4.78, 5) is 23.0. The maximum absolute atomic E-state index is 14.6. The zero-order valence-electron chi connectivity index (χ0n) is 29.8. The molecule has 3 saturated carbocycles. The van der Waals surface area contributed by atoms with Crippen LogP contribution in [0, 0.1) is 22.7 Å². The molecule has 1 saturated heterocycles. The van der Waals surface area contributed by atoms with E-state index in [1.165, 1.54) is 13.8 Å². The monoisotopic (exact) mass is 671 g/mol. The first kappa shape index (κ1) is 34.9. The fraction of sp³-hybridized carbons (Fsp3) is 0.590. The van der Waals surface area contributed by atoms with Crippen LogP contribution in [0.25, 0.3) is 11.1 Å². The van der Waals surface area contributed by atoms with Crippen LogP contribution in [0.1, 0.15) is 105 Å². The van der Waals surface area contributed by atoms with Crippen LogP contribution >= 0.6 is 0 Å². The highest BCUT2D eigenvalue weighted by Gasteiger charge is 2.53. The van der Waals surface area contributed by atoms with Gasteiger partial charge < -0.3 is 19.3 Å². The number of hydrogen-bond donors (Lipinski definition) is 1. The number of alkyl halides is 1. The molecule has 4 aliphatic rings. The quantitative estimate of drug-likeness (QED) is 0.243. The summed E-state index contributed by atoms with van der Waals surface area (Å²) < 4.78 is 25.8. The molecule has 3 aromatic rings. The van der Waals surface area contributed by atoms with Crippen molar-refractivity contribution in [1.82, 2.24) is 15.0 Å². The molecule has 0 unspecified atom stereocenters. The number of carbonyl (C=O) groups is 1. The summed E-state index contributed by atoms with van der Waals surface area (Å²) >= 11 is 0. The van der Waals surface area contributed by atoms with Gasteiger partial charge in [0, 0.05) is 30.7 Å². The van der Waals surface area contributed by atoms with E-state index < -0.39 is 16.9 Å². The first-order valence-corrected chi connectivity index (χ1v) is 17.6. The number of rotatable bonds is 9. The molecule has 7 rings (SSSR count). The molecule has 1 N–H and O–H groups in total. The average Bonchev–Trinajstić information content (AvgIpc) is 3.60. The van der Waals surface area contributed by atoms with Gasteiger partial charge in [-0.1, -0.05) is 29.4 Å². The lowest BCUT2D eigenvalue weighted by Gasteiger charge is -2.53. The molecule has 0 spiro atoms. The summed E-state index contributed by atoms with van der Waals surface area (Å²) in [6.45, 7) is 11.8. The molecular weight excluding hydrogens is 621 g/mol. The van der Waals surface area contributed by atoms with E-state index in [-0.39, 0.29) is 28.7 Å². The fourth-order valence-electron chi connectivity index (χ4n) is 7.96. The molecular formula is C39H50FN5O4. The van der Waals surface area contributed by atoms with Crippen LogP contribution in [0.4, 0.5) is 14.9 Å². The third kappa shape index (κ3) is 7.33. The van der Waals surface area contributed by atoms with Crippen LogP contribution in [0.2, 0.25) is 0 Å². The topological polar surface area (TPSA) is 116 Å². The van der Waals surface area contributed by atoms with Crippen molar-refractivity contribution < 1.29 is 23.6 Å². The minimum atomic E-state index is -1.68. The average molecular weight is 672 g/mol. The van der Waals surface area contributed by atoms with Crippen LogP contribution < -0.4 is 9.64 Å². The number of nitrogens with zero attached hydrogens (tertiary/aromatic N) is 5. The standard InChI is InChI=1S/C39H50FN5O4/c1-35(2,25-41)48-31-12-10-27(11-13-31)28-8-7-9-30(24-28)45(34(46)44-22-14-29(15-23-44)37(5,6)47)26-38-16-19-39(20-17-38,21-18-38)32-42-33(49-43-32)36(3,4)40/h7-13,24,29,47H,14-23,26H2,1-6H3. The van der Waals surface area contributed by atoms with Gasteiger partial charge in [-0.2, -0.15) is 10.2 Å². The Hall–Kier alpha value is -3.97. The number of halogens is 1. The molecule has 0 atom stereocenters. The molecule has 0 radical (unpaired) electrons. The number of ether oxygens (including phenoxy) is 1. The Morgan fingerprint density at radius 1 is 1.02 bits per heavy atom. The lowest BCUT2D eigenvalue weighted by molar-refractivity contribution is -0.00771. The second-order valence-electron chi connectivity index (χ2n) is 16.3. The molecule has 49 heavy (non-hydrogen) atoms. The van der Waals surface area contributed by atoms with Gasteiger partial charge in [0.05, 0.1) is 5.60 Å². The number of urea groups is 1. The van der Waals surface area contributed by atoms with E-state index in [2.05, 4.69) is 22.3 Å². The van der Waals surface area contributed by atoms with Gasteiger partial charge in [0.1, 0.15) is 11.8 Å². The molecule has 10 heteroatoms. The van der Waals surface area contributed by atoms with Gasteiger partial charge in [0.2, 0.25) is 0 Å². The van der Waals surface area contributed by atoms with Crippen molar-refractivity contribution in [1.29, 1.82) is 5.26 Å². The minimum absolute atomic E-state index is 0.00130. The molecule has 2 heterocycles. The Labute approximate surface area is 289 Å². The fourth-order valence-corrected chi connectivity index (χ4v) is 7.96. The Balaban J connectivity index is 1.25. The van der Waals surface area contributed by atoms with Gasteiger partial charge in [0.15, 0.2) is 17.1 Å². The van der Waals surface area contributed by atoms with Gasteiger partial charge in [-0.25, -0.2) is 9.18 Å². The Kier molecular flexibility index (Phi) is 9.06. The summed E-state index contributed by atoms with van der Waals surface area (Å²) in [7, 11) is 0. The largest absolute Gasteiger partial charge is 0.473 e. The number of nitriles is 1. The molecule has 262 valence electrons. The third-order valence-electron chi connectivity index (χ3n) is 11.3. The molecule has 1 aromatic heterocycles. The van der Waals surface area contributed by atoms with E-state index in [0.29, 0.717) is 31.2 Å². The van der Waals surface area contributed by atoms with E-state index in [4.69, 9.17) is 9.26 Å². The predicted molar refractivity (Wildman–Crippen MR) is 186 cm³/mol. The van der Waals surface area contributed by atoms with Crippen molar-refractivity contribution >= 4 is 11.7 Å². The predicted octanol–water partition coefficient (Wildman–Crippen LogP) is 8.32. The normalized spacial score (nSPS) is 23.3. The van der Waals surface area contributed by atoms with Crippen molar-refractivity contribution in [3.63, 3.8) is 0 Å². The molecule has 9 nitrogen and oxygen atoms in total. The van der Waals surface area contributed by atoms with Crippen molar-refractivity contribution in [2.24, 2.45) is 11.3 Å². The van der Waals surface area contributed by atoms with E-state index in [1.54, 1.807) is 13.8 Å². The van der Waals surface area contributed by atoms with Crippen LogP contribution in [-0.2, 0) is 11.1 Å². The van der Waals surface area contributed by atoms with Crippen LogP contribution in [0.3, 0.4) is 0 Å². The molecule has 1 aliphatic heterocycles. The van der Waals surface area contributed by atoms with Crippen LogP contribution in [-0.4, -0.2) is 57.0 Å². The molecule has 3 aliphatic carbocycles. The number of aliphatic hydroxyl groups is 1. The molecule has 2 bridgehead atoms. The molecule has 2 amide bonds. The van der Waals surface area contributed by atoms with E-state index in [9.17, 15) is 19.6 Å². The maximum atomic E-state index is 14.6.